The standard InChI is InChI=1S/C21H18F3NO2/c22-14-3-1-12(2-4-14)20-19(13-5-11(6-13)7-16(27)10-26)17-8-15(23)9-18(24)21(17)25-20/h1-4,8-9,11,13,25-26H,5-7,10H2/t11-,13-. The van der Waals surface area contributed by atoms with E-state index in [1.54, 1.807) is 12.1 Å². The van der Waals surface area contributed by atoms with Gasteiger partial charge in [-0.15, -0.1) is 0 Å². The molecule has 27 heavy (non-hydrogen) atoms. The molecule has 1 fully saturated rings. The van der Waals surface area contributed by atoms with Gasteiger partial charge in [-0.2, -0.15) is 0 Å². The van der Waals surface area contributed by atoms with E-state index in [2.05, 4.69) is 4.98 Å². The van der Waals surface area contributed by atoms with Crippen molar-refractivity contribution in [1.29, 1.82) is 0 Å². The molecule has 1 aromatic heterocycles. The van der Waals surface area contributed by atoms with Gasteiger partial charge in [0.1, 0.15) is 24.1 Å². The Morgan fingerprint density at radius 3 is 2.44 bits per heavy atom. The van der Waals surface area contributed by atoms with Gasteiger partial charge in [-0.25, -0.2) is 13.2 Å². The molecule has 1 heterocycles. The van der Waals surface area contributed by atoms with Crippen LogP contribution in [0.5, 0.6) is 0 Å². The highest BCUT2D eigenvalue weighted by Crippen LogP contribution is 2.49. The van der Waals surface area contributed by atoms with Crippen molar-refractivity contribution in [2.75, 3.05) is 6.61 Å². The van der Waals surface area contributed by atoms with Crippen molar-refractivity contribution in [3.8, 4) is 11.3 Å². The highest BCUT2D eigenvalue weighted by molar-refractivity contribution is 5.92. The van der Waals surface area contributed by atoms with Gasteiger partial charge in [0, 0.05) is 17.9 Å². The van der Waals surface area contributed by atoms with Gasteiger partial charge in [0.25, 0.3) is 0 Å². The lowest BCUT2D eigenvalue weighted by atomic mass is 9.68. The third-order valence-electron chi connectivity index (χ3n) is 5.33. The normalized spacial score (nSPS) is 19.3. The Bertz CT molecular complexity index is 1000. The second kappa shape index (κ2) is 6.85. The first-order valence-corrected chi connectivity index (χ1v) is 8.85. The topological polar surface area (TPSA) is 53.1 Å². The van der Waals surface area contributed by atoms with Gasteiger partial charge in [0.2, 0.25) is 0 Å². The predicted molar refractivity (Wildman–Crippen MR) is 95.8 cm³/mol. The summed E-state index contributed by atoms with van der Waals surface area (Å²) in [7, 11) is 0. The molecule has 3 nitrogen and oxygen atoms in total. The number of carbonyl (C=O) groups excluding carboxylic acids is 1. The van der Waals surface area contributed by atoms with E-state index < -0.39 is 18.2 Å². The van der Waals surface area contributed by atoms with Crippen LogP contribution in [-0.4, -0.2) is 22.5 Å². The van der Waals surface area contributed by atoms with Crippen LogP contribution < -0.4 is 0 Å². The summed E-state index contributed by atoms with van der Waals surface area (Å²) in [5, 5.41) is 9.38. The first-order valence-electron chi connectivity index (χ1n) is 8.85. The number of aliphatic hydroxyl groups is 1. The van der Waals surface area contributed by atoms with Gasteiger partial charge in [-0.1, -0.05) is 0 Å². The number of fused-ring (bicyclic) bond motifs is 1. The first kappa shape index (κ1) is 17.8. The summed E-state index contributed by atoms with van der Waals surface area (Å²) >= 11 is 0. The molecule has 2 aromatic carbocycles. The summed E-state index contributed by atoms with van der Waals surface area (Å²) in [5.41, 5.74) is 2.35. The van der Waals surface area contributed by atoms with Crippen LogP contribution in [0.3, 0.4) is 0 Å². The van der Waals surface area contributed by atoms with E-state index in [1.807, 2.05) is 0 Å². The molecule has 3 aromatic rings. The molecule has 0 bridgehead atoms. The number of Topliss-reactive ketones (excluding diaryl/α,β-unsaturated/α-hetero) is 1. The summed E-state index contributed by atoms with van der Waals surface area (Å²) < 4.78 is 41.4. The summed E-state index contributed by atoms with van der Waals surface area (Å²) in [6.45, 7) is -0.467. The van der Waals surface area contributed by atoms with E-state index >= 15 is 0 Å². The number of halogens is 3. The van der Waals surface area contributed by atoms with Gasteiger partial charge < -0.3 is 10.1 Å². The molecule has 0 radical (unpaired) electrons. The SMILES string of the molecule is O=C(CO)C[C@H]1C[C@H](c2c(-c3ccc(F)cc3)[nH]c3c(F)cc(F)cc32)C1. The van der Waals surface area contributed by atoms with E-state index in [0.29, 0.717) is 35.9 Å². The Hall–Kier alpha value is -2.60. The molecular weight excluding hydrogens is 355 g/mol. The molecule has 1 aliphatic rings. The maximum absolute atomic E-state index is 14.3. The fourth-order valence-electron chi connectivity index (χ4n) is 4.03. The summed E-state index contributed by atoms with van der Waals surface area (Å²) in [5.74, 6) is -1.72. The maximum atomic E-state index is 14.3. The third-order valence-corrected chi connectivity index (χ3v) is 5.33. The van der Waals surface area contributed by atoms with Crippen LogP contribution in [0.25, 0.3) is 22.2 Å². The number of aromatic amines is 1. The fraction of sp³-hybridized carbons (Fsp3) is 0.286. The minimum Gasteiger partial charge on any atom is -0.389 e. The Morgan fingerprint density at radius 2 is 1.78 bits per heavy atom. The van der Waals surface area contributed by atoms with Crippen LogP contribution in [0, 0.1) is 23.4 Å². The van der Waals surface area contributed by atoms with E-state index in [0.717, 1.165) is 11.6 Å². The average molecular weight is 373 g/mol. The predicted octanol–water partition coefficient (Wildman–Crippen LogP) is 4.70. The molecule has 1 saturated carbocycles. The Morgan fingerprint density at radius 1 is 1.07 bits per heavy atom. The highest BCUT2D eigenvalue weighted by atomic mass is 19.1. The Labute approximate surface area is 153 Å². The van der Waals surface area contributed by atoms with Crippen molar-refractivity contribution in [2.45, 2.75) is 25.2 Å². The zero-order valence-corrected chi connectivity index (χ0v) is 14.4. The van der Waals surface area contributed by atoms with E-state index in [1.165, 1.54) is 18.2 Å². The van der Waals surface area contributed by atoms with Crippen molar-refractivity contribution in [2.24, 2.45) is 5.92 Å². The smallest absolute Gasteiger partial charge is 0.158 e. The van der Waals surface area contributed by atoms with Crippen LogP contribution in [0.15, 0.2) is 36.4 Å². The number of nitrogens with one attached hydrogen (secondary N) is 1. The Balaban J connectivity index is 1.77. The molecule has 0 atom stereocenters. The van der Waals surface area contributed by atoms with Crippen LogP contribution in [0.1, 0.15) is 30.7 Å². The number of carbonyl (C=O) groups is 1. The third kappa shape index (κ3) is 3.25. The van der Waals surface area contributed by atoms with Crippen LogP contribution >= 0.6 is 0 Å². The molecule has 140 valence electrons. The van der Waals surface area contributed by atoms with E-state index in [9.17, 15) is 18.0 Å². The summed E-state index contributed by atoms with van der Waals surface area (Å²) in [6, 6.07) is 7.99. The maximum Gasteiger partial charge on any atom is 0.158 e. The molecule has 0 saturated heterocycles. The van der Waals surface area contributed by atoms with Gasteiger partial charge in [0.05, 0.1) is 11.2 Å². The van der Waals surface area contributed by atoms with Gasteiger partial charge in [-0.3, -0.25) is 4.79 Å². The van der Waals surface area contributed by atoms with Crippen LogP contribution in [-0.2, 0) is 4.79 Å². The average Bonchev–Trinajstić information content (AvgIpc) is 2.97. The van der Waals surface area contributed by atoms with Crippen molar-refractivity contribution in [3.05, 3.63) is 59.4 Å². The van der Waals surface area contributed by atoms with Gasteiger partial charge >= 0.3 is 0 Å². The molecule has 6 heteroatoms. The molecule has 0 spiro atoms. The number of aromatic nitrogens is 1. The quantitative estimate of drug-likeness (QED) is 0.681. The number of benzene rings is 2. The van der Waals surface area contributed by atoms with E-state index in [-0.39, 0.29) is 29.0 Å². The van der Waals surface area contributed by atoms with Crippen LogP contribution in [0.2, 0.25) is 0 Å². The summed E-state index contributed by atoms with van der Waals surface area (Å²) in [6.07, 6.45) is 1.71. The van der Waals surface area contributed by atoms with Crippen molar-refractivity contribution < 1.29 is 23.1 Å². The van der Waals surface area contributed by atoms with Crippen LogP contribution in [0.4, 0.5) is 13.2 Å². The zero-order valence-electron chi connectivity index (χ0n) is 14.4. The number of ketones is 1. The van der Waals surface area contributed by atoms with Gasteiger partial charge in [-0.05, 0) is 66.1 Å². The minimum absolute atomic E-state index is 0.0384. The number of aliphatic hydroxyl groups excluding tert-OH is 1. The monoisotopic (exact) mass is 373 g/mol. The lowest BCUT2D eigenvalue weighted by Gasteiger charge is -2.35. The number of hydrogen-bond acceptors (Lipinski definition) is 2. The molecule has 0 aliphatic heterocycles. The Kier molecular flexibility index (Phi) is 4.52. The molecule has 0 unspecified atom stereocenters. The highest BCUT2D eigenvalue weighted by Gasteiger charge is 2.35. The minimum atomic E-state index is -0.675. The number of hydrogen-bond donors (Lipinski definition) is 2. The first-order chi connectivity index (χ1) is 13.0. The molecule has 2 N–H and O–H groups in total. The number of rotatable bonds is 5. The number of H-pyrrole nitrogens is 1. The molecule has 1 aliphatic carbocycles. The van der Waals surface area contributed by atoms with Crippen molar-refractivity contribution >= 4 is 16.7 Å². The van der Waals surface area contributed by atoms with E-state index in [4.69, 9.17) is 5.11 Å². The largest absolute Gasteiger partial charge is 0.389 e. The second-order valence-electron chi connectivity index (χ2n) is 7.17. The lowest BCUT2D eigenvalue weighted by Crippen LogP contribution is -2.25. The molecule has 4 rings (SSSR count). The second-order valence-corrected chi connectivity index (χ2v) is 7.17. The van der Waals surface area contributed by atoms with Gasteiger partial charge in [0.15, 0.2) is 5.78 Å². The molecule has 0 amide bonds. The summed E-state index contributed by atoms with van der Waals surface area (Å²) in [4.78, 5) is 14.5. The van der Waals surface area contributed by atoms with Crippen molar-refractivity contribution in [3.63, 3.8) is 0 Å². The zero-order chi connectivity index (χ0) is 19.1. The fourth-order valence-corrected chi connectivity index (χ4v) is 4.03. The van der Waals surface area contributed by atoms with Crippen molar-refractivity contribution in [1.82, 2.24) is 4.98 Å². The lowest BCUT2D eigenvalue weighted by molar-refractivity contribution is -0.123. The molecular formula is C21H18F3NO2.